The van der Waals surface area contributed by atoms with Crippen LogP contribution in [0.15, 0.2) is 48.0 Å². The third kappa shape index (κ3) is 3.85. The molecule has 6 heteroatoms. The normalized spacial score (nSPS) is 10.9. The summed E-state index contributed by atoms with van der Waals surface area (Å²) in [4.78, 5) is 12.1. The maximum atomic E-state index is 13.1. The van der Waals surface area contributed by atoms with Crippen molar-refractivity contribution in [3.63, 3.8) is 0 Å². The molecule has 22 heavy (non-hydrogen) atoms. The summed E-state index contributed by atoms with van der Waals surface area (Å²) in [6, 6.07) is 12.4. The number of rotatable bonds is 3. The van der Waals surface area contributed by atoms with Gasteiger partial charge in [0.15, 0.2) is 0 Å². The number of anilines is 1. The average Bonchev–Trinajstić information content (AvgIpc) is 2.50. The maximum Gasteiger partial charge on any atom is 0.266 e. The molecule has 2 aromatic rings. The molecule has 0 saturated carbocycles. The van der Waals surface area contributed by atoms with Gasteiger partial charge in [-0.3, -0.25) is 4.79 Å². The molecule has 0 radical (unpaired) electrons. The van der Waals surface area contributed by atoms with Crippen LogP contribution in [0.4, 0.5) is 10.1 Å². The van der Waals surface area contributed by atoms with E-state index in [-0.39, 0.29) is 16.3 Å². The minimum Gasteiger partial charge on any atom is -0.321 e. The zero-order valence-electron chi connectivity index (χ0n) is 11.1. The van der Waals surface area contributed by atoms with Gasteiger partial charge in [-0.25, -0.2) is 4.39 Å². The molecule has 110 valence electrons. The summed E-state index contributed by atoms with van der Waals surface area (Å²) in [5, 5.41) is 11.9. The molecule has 2 aromatic carbocycles. The largest absolute Gasteiger partial charge is 0.321 e. The SMILES string of the molecule is N#C/C(=C\c1ccccc1Cl)C(=O)Nc1ccc(F)c(Cl)c1. The standard InChI is InChI=1S/C16H9Cl2FN2O/c17-13-4-2-1-3-10(13)7-11(9-20)16(22)21-12-5-6-15(19)14(18)8-12/h1-8H,(H,21,22)/b11-7+. The quantitative estimate of drug-likeness (QED) is 0.654. The van der Waals surface area contributed by atoms with Crippen molar-refractivity contribution in [1.82, 2.24) is 0 Å². The number of nitriles is 1. The van der Waals surface area contributed by atoms with E-state index in [1.54, 1.807) is 24.3 Å². The molecule has 0 saturated heterocycles. The molecule has 0 atom stereocenters. The van der Waals surface area contributed by atoms with Crippen molar-refractivity contribution in [2.75, 3.05) is 5.32 Å². The van der Waals surface area contributed by atoms with Crippen molar-refractivity contribution in [3.8, 4) is 6.07 Å². The molecule has 2 rings (SSSR count). The molecule has 0 bridgehead atoms. The van der Waals surface area contributed by atoms with Gasteiger partial charge in [0.2, 0.25) is 0 Å². The highest BCUT2D eigenvalue weighted by atomic mass is 35.5. The van der Waals surface area contributed by atoms with E-state index in [1.165, 1.54) is 18.2 Å². The predicted octanol–water partition coefficient (Wildman–Crippen LogP) is 4.68. The molecular weight excluding hydrogens is 326 g/mol. The van der Waals surface area contributed by atoms with E-state index in [0.717, 1.165) is 6.07 Å². The summed E-state index contributed by atoms with van der Waals surface area (Å²) in [6.45, 7) is 0. The van der Waals surface area contributed by atoms with Gasteiger partial charge in [0.1, 0.15) is 17.5 Å². The van der Waals surface area contributed by atoms with Crippen LogP contribution in [0, 0.1) is 17.1 Å². The lowest BCUT2D eigenvalue weighted by Gasteiger charge is -2.05. The van der Waals surface area contributed by atoms with Crippen LogP contribution in [0.1, 0.15) is 5.56 Å². The average molecular weight is 335 g/mol. The Morgan fingerprint density at radius 1 is 1.18 bits per heavy atom. The van der Waals surface area contributed by atoms with Crippen molar-refractivity contribution in [2.45, 2.75) is 0 Å². The molecule has 0 aliphatic carbocycles. The van der Waals surface area contributed by atoms with Crippen molar-refractivity contribution < 1.29 is 9.18 Å². The van der Waals surface area contributed by atoms with Crippen LogP contribution < -0.4 is 5.32 Å². The number of nitrogens with zero attached hydrogens (tertiary/aromatic N) is 1. The molecule has 1 amide bonds. The van der Waals surface area contributed by atoms with Crippen molar-refractivity contribution in [1.29, 1.82) is 5.26 Å². The van der Waals surface area contributed by atoms with E-state index < -0.39 is 11.7 Å². The van der Waals surface area contributed by atoms with Gasteiger partial charge in [0.05, 0.1) is 5.02 Å². The summed E-state index contributed by atoms with van der Waals surface area (Å²) in [6.07, 6.45) is 1.38. The Bertz CT molecular complexity index is 797. The van der Waals surface area contributed by atoms with Gasteiger partial charge in [0.25, 0.3) is 5.91 Å². The first kappa shape index (κ1) is 16.0. The zero-order chi connectivity index (χ0) is 16.1. The monoisotopic (exact) mass is 334 g/mol. The van der Waals surface area contributed by atoms with Crippen LogP contribution in [-0.2, 0) is 4.79 Å². The van der Waals surface area contributed by atoms with Crippen LogP contribution in [0.5, 0.6) is 0 Å². The fourth-order valence-electron chi connectivity index (χ4n) is 1.67. The van der Waals surface area contributed by atoms with Gasteiger partial charge in [-0.1, -0.05) is 41.4 Å². The van der Waals surface area contributed by atoms with Gasteiger partial charge in [-0.2, -0.15) is 5.26 Å². The topological polar surface area (TPSA) is 52.9 Å². The number of amides is 1. The second-order valence-electron chi connectivity index (χ2n) is 4.27. The Morgan fingerprint density at radius 3 is 2.55 bits per heavy atom. The first-order valence-corrected chi connectivity index (χ1v) is 6.89. The number of carbonyl (C=O) groups is 1. The number of nitrogens with one attached hydrogen (secondary N) is 1. The lowest BCUT2D eigenvalue weighted by molar-refractivity contribution is -0.112. The summed E-state index contributed by atoms with van der Waals surface area (Å²) < 4.78 is 13.1. The number of halogens is 3. The van der Waals surface area contributed by atoms with Crippen molar-refractivity contribution >= 4 is 40.9 Å². The summed E-state index contributed by atoms with van der Waals surface area (Å²) in [5.74, 6) is -1.23. The van der Waals surface area contributed by atoms with Gasteiger partial charge in [0, 0.05) is 10.7 Å². The van der Waals surface area contributed by atoms with Gasteiger partial charge in [-0.15, -0.1) is 0 Å². The maximum absolute atomic E-state index is 13.1. The van der Waals surface area contributed by atoms with Crippen LogP contribution in [0.25, 0.3) is 6.08 Å². The Hall–Kier alpha value is -2.35. The van der Waals surface area contributed by atoms with Gasteiger partial charge >= 0.3 is 0 Å². The molecule has 0 aliphatic heterocycles. The molecule has 0 aromatic heterocycles. The van der Waals surface area contributed by atoms with Crippen LogP contribution in [0.3, 0.4) is 0 Å². The predicted molar refractivity (Wildman–Crippen MR) is 85.1 cm³/mol. The fourth-order valence-corrected chi connectivity index (χ4v) is 2.04. The fraction of sp³-hybridized carbons (Fsp3) is 0. The van der Waals surface area contributed by atoms with E-state index in [9.17, 15) is 9.18 Å². The molecule has 0 spiro atoms. The second kappa shape index (κ2) is 7.08. The summed E-state index contributed by atoms with van der Waals surface area (Å²) in [5.41, 5.74) is 0.707. The Morgan fingerprint density at radius 2 is 1.91 bits per heavy atom. The van der Waals surface area contributed by atoms with E-state index in [4.69, 9.17) is 28.5 Å². The molecular formula is C16H9Cl2FN2O. The summed E-state index contributed by atoms with van der Waals surface area (Å²) >= 11 is 11.6. The first-order chi connectivity index (χ1) is 10.5. The highest BCUT2D eigenvalue weighted by molar-refractivity contribution is 6.32. The van der Waals surface area contributed by atoms with Gasteiger partial charge in [-0.05, 0) is 35.9 Å². The van der Waals surface area contributed by atoms with Gasteiger partial charge < -0.3 is 5.32 Å². The number of hydrogen-bond donors (Lipinski definition) is 1. The minimum atomic E-state index is -0.634. The molecule has 1 N–H and O–H groups in total. The van der Waals surface area contributed by atoms with Crippen molar-refractivity contribution in [2.24, 2.45) is 0 Å². The van der Waals surface area contributed by atoms with Crippen LogP contribution >= 0.6 is 23.2 Å². The summed E-state index contributed by atoms with van der Waals surface area (Å²) in [7, 11) is 0. The molecule has 0 aliphatic rings. The highest BCUT2D eigenvalue weighted by Crippen LogP contribution is 2.21. The molecule has 0 unspecified atom stereocenters. The Balaban J connectivity index is 2.24. The number of carbonyl (C=O) groups excluding carboxylic acids is 1. The number of hydrogen-bond acceptors (Lipinski definition) is 2. The zero-order valence-corrected chi connectivity index (χ0v) is 12.6. The second-order valence-corrected chi connectivity index (χ2v) is 5.09. The molecule has 3 nitrogen and oxygen atoms in total. The lowest BCUT2D eigenvalue weighted by Crippen LogP contribution is -2.13. The number of benzene rings is 2. The Labute approximate surface area is 136 Å². The van der Waals surface area contributed by atoms with E-state index in [2.05, 4.69) is 5.32 Å². The minimum absolute atomic E-state index is 0.119. The molecule has 0 fully saturated rings. The van der Waals surface area contributed by atoms with E-state index in [1.807, 2.05) is 6.07 Å². The van der Waals surface area contributed by atoms with Crippen LogP contribution in [0.2, 0.25) is 10.0 Å². The Kier molecular flexibility index (Phi) is 5.16. The lowest BCUT2D eigenvalue weighted by atomic mass is 10.1. The van der Waals surface area contributed by atoms with Crippen LogP contribution in [-0.4, -0.2) is 5.91 Å². The smallest absolute Gasteiger partial charge is 0.266 e. The van der Waals surface area contributed by atoms with E-state index >= 15 is 0 Å². The first-order valence-electron chi connectivity index (χ1n) is 6.14. The third-order valence-corrected chi connectivity index (χ3v) is 3.38. The van der Waals surface area contributed by atoms with Crippen molar-refractivity contribution in [3.05, 3.63) is 69.5 Å². The molecule has 0 heterocycles. The highest BCUT2D eigenvalue weighted by Gasteiger charge is 2.11. The third-order valence-electron chi connectivity index (χ3n) is 2.75. The van der Waals surface area contributed by atoms with E-state index in [0.29, 0.717) is 10.6 Å².